The Morgan fingerprint density at radius 2 is 2.25 bits per heavy atom. The number of hydrogen-bond acceptors (Lipinski definition) is 1. The zero-order valence-electron chi connectivity index (χ0n) is 6.56. The molecule has 1 nitrogen and oxygen atoms in total. The fourth-order valence-corrected chi connectivity index (χ4v) is 2.35. The lowest BCUT2D eigenvalue weighted by Gasteiger charge is -2.23. The highest BCUT2D eigenvalue weighted by atomic mass is 79.9. The van der Waals surface area contributed by atoms with Crippen LogP contribution in [0.2, 0.25) is 0 Å². The van der Waals surface area contributed by atoms with Crippen molar-refractivity contribution in [1.29, 1.82) is 0 Å². The highest BCUT2D eigenvalue weighted by Crippen LogP contribution is 2.26. The molecule has 0 fully saturated rings. The van der Waals surface area contributed by atoms with Gasteiger partial charge in [-0.05, 0) is 35.4 Å². The molecule has 1 aliphatic rings. The van der Waals surface area contributed by atoms with Gasteiger partial charge in [-0.1, -0.05) is 28.1 Å². The average Bonchev–Trinajstić information content (AvgIpc) is 2.04. The van der Waals surface area contributed by atoms with E-state index in [2.05, 4.69) is 34.1 Å². The summed E-state index contributed by atoms with van der Waals surface area (Å²) in [6.45, 7) is 1.80. The van der Waals surface area contributed by atoms with Crippen LogP contribution in [0.15, 0.2) is 22.7 Å². The van der Waals surface area contributed by atoms with Crippen molar-refractivity contribution in [3.05, 3.63) is 33.8 Å². The summed E-state index contributed by atoms with van der Waals surface area (Å²) in [5, 5.41) is 0. The lowest BCUT2D eigenvalue weighted by molar-refractivity contribution is 0.428. The second-order valence-electron chi connectivity index (χ2n) is 2.97. The minimum absolute atomic E-state index is 0.857. The van der Waals surface area contributed by atoms with E-state index in [-0.39, 0.29) is 0 Å². The second kappa shape index (κ2) is 3.36. The standard InChI is InChI=1S/C9H9BrClN/c10-9-3-1-2-7-6-12(11)5-4-8(7)9/h1-3H,4-6H2. The van der Waals surface area contributed by atoms with E-state index < -0.39 is 0 Å². The highest BCUT2D eigenvalue weighted by molar-refractivity contribution is 9.10. The first-order valence-electron chi connectivity index (χ1n) is 3.94. The van der Waals surface area contributed by atoms with E-state index in [1.807, 2.05) is 4.42 Å². The van der Waals surface area contributed by atoms with Gasteiger partial charge in [-0.15, -0.1) is 0 Å². The van der Waals surface area contributed by atoms with Crippen LogP contribution in [0.4, 0.5) is 0 Å². The molecule has 1 aliphatic heterocycles. The topological polar surface area (TPSA) is 3.24 Å². The molecule has 64 valence electrons. The van der Waals surface area contributed by atoms with Crippen LogP contribution in [0.25, 0.3) is 0 Å². The molecule has 3 heteroatoms. The molecule has 1 heterocycles. The van der Waals surface area contributed by atoms with Gasteiger partial charge < -0.3 is 0 Å². The monoisotopic (exact) mass is 245 g/mol. The number of fused-ring (bicyclic) bond motifs is 1. The molecule has 0 saturated heterocycles. The van der Waals surface area contributed by atoms with Crippen LogP contribution in [0.5, 0.6) is 0 Å². The zero-order valence-corrected chi connectivity index (χ0v) is 8.90. The van der Waals surface area contributed by atoms with E-state index in [1.54, 1.807) is 0 Å². The van der Waals surface area contributed by atoms with Gasteiger partial charge in [0.05, 0.1) is 0 Å². The Morgan fingerprint density at radius 3 is 3.08 bits per heavy atom. The van der Waals surface area contributed by atoms with Gasteiger partial charge in [-0.2, -0.15) is 0 Å². The molecule has 0 spiro atoms. The predicted molar refractivity (Wildman–Crippen MR) is 54.1 cm³/mol. The van der Waals surface area contributed by atoms with Crippen molar-refractivity contribution in [1.82, 2.24) is 4.42 Å². The van der Waals surface area contributed by atoms with E-state index in [1.165, 1.54) is 15.6 Å². The summed E-state index contributed by atoms with van der Waals surface area (Å²) in [4.78, 5) is 0. The van der Waals surface area contributed by atoms with Crippen molar-refractivity contribution in [2.45, 2.75) is 13.0 Å². The van der Waals surface area contributed by atoms with Crippen LogP contribution in [0.1, 0.15) is 11.1 Å². The number of nitrogens with zero attached hydrogens (tertiary/aromatic N) is 1. The van der Waals surface area contributed by atoms with E-state index >= 15 is 0 Å². The third kappa shape index (κ3) is 1.51. The Hall–Kier alpha value is -0.0500. The van der Waals surface area contributed by atoms with E-state index in [0.717, 1.165) is 19.5 Å². The first-order chi connectivity index (χ1) is 5.77. The molecule has 0 atom stereocenters. The van der Waals surface area contributed by atoms with Crippen molar-refractivity contribution in [2.24, 2.45) is 0 Å². The Labute approximate surface area is 85.6 Å². The lowest BCUT2D eigenvalue weighted by Crippen LogP contribution is -2.22. The Kier molecular flexibility index (Phi) is 2.40. The van der Waals surface area contributed by atoms with Crippen molar-refractivity contribution >= 4 is 27.7 Å². The van der Waals surface area contributed by atoms with Gasteiger partial charge in [0.15, 0.2) is 0 Å². The fourth-order valence-electron chi connectivity index (χ4n) is 1.53. The van der Waals surface area contributed by atoms with Crippen LogP contribution in [0.3, 0.4) is 0 Å². The maximum Gasteiger partial charge on any atom is 0.0393 e. The number of benzene rings is 1. The SMILES string of the molecule is ClN1CCc2c(Br)cccc2C1. The summed E-state index contributed by atoms with van der Waals surface area (Å²) in [5.41, 5.74) is 2.75. The summed E-state index contributed by atoms with van der Waals surface area (Å²) in [6.07, 6.45) is 1.04. The van der Waals surface area contributed by atoms with Gasteiger partial charge in [-0.3, -0.25) is 0 Å². The van der Waals surface area contributed by atoms with Gasteiger partial charge in [0, 0.05) is 17.6 Å². The van der Waals surface area contributed by atoms with Gasteiger partial charge >= 0.3 is 0 Å². The van der Waals surface area contributed by atoms with Gasteiger partial charge in [-0.25, -0.2) is 4.42 Å². The van der Waals surface area contributed by atoms with Crippen molar-refractivity contribution < 1.29 is 0 Å². The molecular formula is C9H9BrClN. The molecule has 0 amide bonds. The third-order valence-corrected chi connectivity index (χ3v) is 3.19. The number of hydrogen-bond donors (Lipinski definition) is 0. The summed E-state index contributed by atoms with van der Waals surface area (Å²) >= 11 is 9.46. The zero-order chi connectivity index (χ0) is 8.55. The minimum atomic E-state index is 0.857. The van der Waals surface area contributed by atoms with Gasteiger partial charge in [0.2, 0.25) is 0 Å². The van der Waals surface area contributed by atoms with E-state index in [4.69, 9.17) is 11.8 Å². The summed E-state index contributed by atoms with van der Waals surface area (Å²) < 4.78 is 3.04. The number of rotatable bonds is 0. The fraction of sp³-hybridized carbons (Fsp3) is 0.333. The van der Waals surface area contributed by atoms with Gasteiger partial charge in [0.1, 0.15) is 0 Å². The quantitative estimate of drug-likeness (QED) is 0.636. The molecule has 0 radical (unpaired) electrons. The average molecular weight is 247 g/mol. The van der Waals surface area contributed by atoms with Crippen LogP contribution in [-0.2, 0) is 13.0 Å². The molecule has 0 saturated carbocycles. The van der Waals surface area contributed by atoms with Crippen molar-refractivity contribution in [3.8, 4) is 0 Å². The van der Waals surface area contributed by atoms with Crippen LogP contribution >= 0.6 is 27.7 Å². The molecule has 2 rings (SSSR count). The van der Waals surface area contributed by atoms with E-state index in [9.17, 15) is 0 Å². The molecule has 0 N–H and O–H groups in total. The maximum absolute atomic E-state index is 5.91. The Morgan fingerprint density at radius 1 is 1.42 bits per heavy atom. The molecular weight excluding hydrogens is 237 g/mol. The van der Waals surface area contributed by atoms with Crippen LogP contribution < -0.4 is 0 Å². The van der Waals surface area contributed by atoms with Crippen molar-refractivity contribution in [2.75, 3.05) is 6.54 Å². The summed E-state index contributed by atoms with van der Waals surface area (Å²) in [5.74, 6) is 0. The van der Waals surface area contributed by atoms with Crippen molar-refractivity contribution in [3.63, 3.8) is 0 Å². The minimum Gasteiger partial charge on any atom is -0.215 e. The normalized spacial score (nSPS) is 17.5. The second-order valence-corrected chi connectivity index (χ2v) is 4.30. The first kappa shape index (κ1) is 8.54. The number of halogens is 2. The molecule has 1 aromatic rings. The largest absolute Gasteiger partial charge is 0.215 e. The maximum atomic E-state index is 5.91. The van der Waals surface area contributed by atoms with Crippen LogP contribution in [0, 0.1) is 0 Å². The Balaban J connectivity index is 2.42. The van der Waals surface area contributed by atoms with Gasteiger partial charge in [0.25, 0.3) is 0 Å². The molecule has 1 aromatic carbocycles. The first-order valence-corrected chi connectivity index (χ1v) is 5.07. The predicted octanol–water partition coefficient (Wildman–Crippen LogP) is 2.96. The molecule has 0 bridgehead atoms. The van der Waals surface area contributed by atoms with Crippen LogP contribution in [-0.4, -0.2) is 11.0 Å². The highest BCUT2D eigenvalue weighted by Gasteiger charge is 2.15. The lowest BCUT2D eigenvalue weighted by atomic mass is 10.0. The summed E-state index contributed by atoms with van der Waals surface area (Å²) in [6, 6.07) is 6.27. The molecule has 0 unspecified atom stereocenters. The summed E-state index contributed by atoms with van der Waals surface area (Å²) in [7, 11) is 0. The Bertz CT molecular complexity index is 301. The molecule has 12 heavy (non-hydrogen) atoms. The van der Waals surface area contributed by atoms with E-state index in [0.29, 0.717) is 0 Å². The third-order valence-electron chi connectivity index (χ3n) is 2.16. The smallest absolute Gasteiger partial charge is 0.0393 e. The molecule has 0 aliphatic carbocycles. The molecule has 0 aromatic heterocycles.